The molecular weight excluding hydrogens is 280 g/mol. The van der Waals surface area contributed by atoms with Gasteiger partial charge in [0.25, 0.3) is 0 Å². The normalized spacial score (nSPS) is 10.4. The highest BCUT2D eigenvalue weighted by Gasteiger charge is 2.14. The fraction of sp³-hybridized carbons (Fsp3) is 0.250. The van der Waals surface area contributed by atoms with E-state index < -0.39 is 11.6 Å². The summed E-state index contributed by atoms with van der Waals surface area (Å²) in [4.78, 5) is 13.6. The molecule has 0 fully saturated rings. The number of halogens is 2. The zero-order chi connectivity index (χ0) is 15.6. The fourth-order valence-electron chi connectivity index (χ4n) is 1.57. The van der Waals surface area contributed by atoms with Crippen LogP contribution in [0, 0.1) is 18.6 Å². The Morgan fingerprint density at radius 1 is 1.10 bits per heavy atom. The van der Waals surface area contributed by atoms with Gasteiger partial charge in [0.2, 0.25) is 17.8 Å². The minimum Gasteiger partial charge on any atom is -0.347 e. The van der Waals surface area contributed by atoms with Crippen LogP contribution >= 0.6 is 0 Å². The molecule has 0 unspecified atom stereocenters. The van der Waals surface area contributed by atoms with E-state index in [1.54, 1.807) is 19.0 Å². The van der Waals surface area contributed by atoms with Crippen LogP contribution in [0.25, 0.3) is 0 Å². The lowest BCUT2D eigenvalue weighted by Crippen LogP contribution is -2.18. The number of aryl methyl sites for hydroxylation is 1. The van der Waals surface area contributed by atoms with Crippen LogP contribution < -0.4 is 21.5 Å². The summed E-state index contributed by atoms with van der Waals surface area (Å²) in [5.74, 6) is 4.16. The predicted octanol–water partition coefficient (Wildman–Crippen LogP) is 1.55. The van der Waals surface area contributed by atoms with Gasteiger partial charge in [0, 0.05) is 14.1 Å². The highest BCUT2D eigenvalue weighted by atomic mass is 19.1. The molecule has 112 valence electrons. The topological polar surface area (TPSA) is 92.0 Å². The van der Waals surface area contributed by atoms with Crippen molar-refractivity contribution in [3.8, 4) is 0 Å². The molecule has 21 heavy (non-hydrogen) atoms. The average molecular weight is 295 g/mol. The summed E-state index contributed by atoms with van der Waals surface area (Å²) >= 11 is 0. The van der Waals surface area contributed by atoms with Gasteiger partial charge in [0.1, 0.15) is 11.5 Å². The number of hydrogen-bond acceptors (Lipinski definition) is 7. The molecule has 0 saturated heterocycles. The van der Waals surface area contributed by atoms with Crippen LogP contribution in [-0.4, -0.2) is 29.0 Å². The Morgan fingerprint density at radius 2 is 1.76 bits per heavy atom. The van der Waals surface area contributed by atoms with Gasteiger partial charge in [-0.3, -0.25) is 5.43 Å². The number of hydrogen-bond donors (Lipinski definition) is 3. The Balaban J connectivity index is 2.44. The van der Waals surface area contributed by atoms with Gasteiger partial charge in [-0.05, 0) is 18.6 Å². The molecule has 0 aliphatic carbocycles. The van der Waals surface area contributed by atoms with Crippen molar-refractivity contribution in [1.82, 2.24) is 15.0 Å². The summed E-state index contributed by atoms with van der Waals surface area (Å²) < 4.78 is 27.7. The van der Waals surface area contributed by atoms with Crippen LogP contribution in [0.5, 0.6) is 0 Å². The molecular formula is C12H15F2N7. The summed E-state index contributed by atoms with van der Waals surface area (Å²) in [6.07, 6.45) is 0. The number of hydrazine groups is 1. The zero-order valence-electron chi connectivity index (χ0n) is 11.8. The van der Waals surface area contributed by atoms with E-state index in [1.165, 1.54) is 13.0 Å². The average Bonchev–Trinajstić information content (AvgIpc) is 2.47. The minimum absolute atomic E-state index is 0.0231. The SMILES string of the molecule is Cc1ccc(F)c(Nc2nc(NN)nc(N(C)C)n2)c1F. The Morgan fingerprint density at radius 3 is 2.38 bits per heavy atom. The van der Waals surface area contributed by atoms with Crippen molar-refractivity contribution in [3.63, 3.8) is 0 Å². The van der Waals surface area contributed by atoms with Gasteiger partial charge in [-0.2, -0.15) is 15.0 Å². The van der Waals surface area contributed by atoms with Gasteiger partial charge in [-0.25, -0.2) is 14.6 Å². The summed E-state index contributed by atoms with van der Waals surface area (Å²) in [5.41, 5.74) is 2.25. The number of benzene rings is 1. The number of nitrogens with zero attached hydrogens (tertiary/aromatic N) is 4. The number of anilines is 4. The van der Waals surface area contributed by atoms with Crippen molar-refractivity contribution in [2.75, 3.05) is 29.7 Å². The Hall–Kier alpha value is -2.55. The van der Waals surface area contributed by atoms with Crippen molar-refractivity contribution >= 4 is 23.5 Å². The number of nitrogens with one attached hydrogen (secondary N) is 2. The first-order chi connectivity index (χ1) is 9.92. The lowest BCUT2D eigenvalue weighted by atomic mass is 10.2. The number of nitrogens with two attached hydrogens (primary N) is 1. The summed E-state index contributed by atoms with van der Waals surface area (Å²) in [6, 6.07) is 2.51. The monoisotopic (exact) mass is 295 g/mol. The molecule has 0 radical (unpaired) electrons. The fourth-order valence-corrected chi connectivity index (χ4v) is 1.57. The molecule has 1 heterocycles. The molecule has 1 aromatic heterocycles. The second-order valence-corrected chi connectivity index (χ2v) is 4.50. The standard InChI is InChI=1S/C12H15F2N7/c1-6-4-5-7(13)9(8(6)14)16-10-17-11(20-15)19-12(18-10)21(2)3/h4-5H,15H2,1-3H3,(H2,16,17,18,19,20). The van der Waals surface area contributed by atoms with Gasteiger partial charge in [-0.15, -0.1) is 0 Å². The van der Waals surface area contributed by atoms with Gasteiger partial charge in [-0.1, -0.05) is 6.07 Å². The highest BCUT2D eigenvalue weighted by molar-refractivity contribution is 5.58. The second-order valence-electron chi connectivity index (χ2n) is 4.50. The molecule has 9 heteroatoms. The molecule has 2 rings (SSSR count). The van der Waals surface area contributed by atoms with E-state index in [2.05, 4.69) is 25.7 Å². The lowest BCUT2D eigenvalue weighted by molar-refractivity contribution is 0.584. The molecule has 7 nitrogen and oxygen atoms in total. The maximum atomic E-state index is 14.0. The lowest BCUT2D eigenvalue weighted by Gasteiger charge is -2.14. The van der Waals surface area contributed by atoms with Crippen molar-refractivity contribution < 1.29 is 8.78 Å². The maximum Gasteiger partial charge on any atom is 0.243 e. The smallest absolute Gasteiger partial charge is 0.243 e. The molecule has 0 saturated carbocycles. The second kappa shape index (κ2) is 5.83. The van der Waals surface area contributed by atoms with Gasteiger partial charge >= 0.3 is 0 Å². The van der Waals surface area contributed by atoms with E-state index in [1.807, 2.05) is 0 Å². The molecule has 0 spiro atoms. The van der Waals surface area contributed by atoms with Crippen LogP contribution in [0.3, 0.4) is 0 Å². The minimum atomic E-state index is -0.743. The summed E-state index contributed by atoms with van der Waals surface area (Å²) in [7, 11) is 3.43. The quantitative estimate of drug-likeness (QED) is 0.582. The van der Waals surface area contributed by atoms with Gasteiger partial charge in [0.05, 0.1) is 0 Å². The molecule has 1 aromatic carbocycles. The first kappa shape index (κ1) is 14.9. The Kier molecular flexibility index (Phi) is 4.13. The predicted molar refractivity (Wildman–Crippen MR) is 76.3 cm³/mol. The van der Waals surface area contributed by atoms with E-state index in [9.17, 15) is 8.78 Å². The van der Waals surface area contributed by atoms with E-state index in [0.717, 1.165) is 6.07 Å². The van der Waals surface area contributed by atoms with Crippen LogP contribution in [-0.2, 0) is 0 Å². The Bertz CT molecular complexity index is 660. The van der Waals surface area contributed by atoms with Crippen molar-refractivity contribution in [2.24, 2.45) is 5.84 Å². The highest BCUT2D eigenvalue weighted by Crippen LogP contribution is 2.24. The van der Waals surface area contributed by atoms with E-state index in [0.29, 0.717) is 5.56 Å². The molecule has 0 aliphatic rings. The number of nitrogen functional groups attached to an aromatic ring is 1. The molecule has 0 aliphatic heterocycles. The Labute approximate surface area is 120 Å². The van der Waals surface area contributed by atoms with Crippen molar-refractivity contribution in [1.29, 1.82) is 0 Å². The van der Waals surface area contributed by atoms with E-state index >= 15 is 0 Å². The van der Waals surface area contributed by atoms with Crippen LogP contribution in [0.2, 0.25) is 0 Å². The molecule has 4 N–H and O–H groups in total. The number of rotatable bonds is 4. The maximum absolute atomic E-state index is 14.0. The van der Waals surface area contributed by atoms with E-state index in [4.69, 9.17) is 5.84 Å². The largest absolute Gasteiger partial charge is 0.347 e. The number of aromatic nitrogens is 3. The third kappa shape index (κ3) is 3.14. The van der Waals surface area contributed by atoms with Crippen LogP contribution in [0.1, 0.15) is 5.56 Å². The molecule has 2 aromatic rings. The third-order valence-corrected chi connectivity index (χ3v) is 2.67. The van der Waals surface area contributed by atoms with Gasteiger partial charge in [0.15, 0.2) is 5.82 Å². The summed E-state index contributed by atoms with van der Waals surface area (Å²) in [6.45, 7) is 1.53. The van der Waals surface area contributed by atoms with Crippen molar-refractivity contribution in [3.05, 3.63) is 29.3 Å². The molecule has 0 atom stereocenters. The third-order valence-electron chi connectivity index (χ3n) is 2.67. The van der Waals surface area contributed by atoms with E-state index in [-0.39, 0.29) is 23.5 Å². The molecule has 0 amide bonds. The van der Waals surface area contributed by atoms with Gasteiger partial charge < -0.3 is 10.2 Å². The van der Waals surface area contributed by atoms with Crippen molar-refractivity contribution in [2.45, 2.75) is 6.92 Å². The summed E-state index contributed by atoms with van der Waals surface area (Å²) in [5, 5.41) is 2.52. The van der Waals surface area contributed by atoms with Crippen LogP contribution in [0.4, 0.5) is 32.3 Å². The first-order valence-corrected chi connectivity index (χ1v) is 6.04. The van der Waals surface area contributed by atoms with Crippen LogP contribution in [0.15, 0.2) is 12.1 Å². The molecule has 0 bridgehead atoms. The first-order valence-electron chi connectivity index (χ1n) is 6.04. The zero-order valence-corrected chi connectivity index (χ0v) is 11.8.